The third-order valence-corrected chi connectivity index (χ3v) is 3.04. The molecule has 1 aliphatic rings. The van der Waals surface area contributed by atoms with Crippen LogP contribution in [-0.2, 0) is 0 Å². The molecule has 0 atom stereocenters. The summed E-state index contributed by atoms with van der Waals surface area (Å²) in [6.07, 6.45) is 4.87. The number of hydrogen-bond acceptors (Lipinski definition) is 3. The topological polar surface area (TPSA) is 26.7 Å². The van der Waals surface area contributed by atoms with Gasteiger partial charge in [0, 0.05) is 38.3 Å². The summed E-state index contributed by atoms with van der Waals surface area (Å²) >= 11 is 0. The number of rotatable bonds is 4. The summed E-state index contributed by atoms with van der Waals surface area (Å²) in [7, 11) is 2.16. The minimum absolute atomic E-state index is 0.431. The van der Waals surface area contributed by atoms with Crippen molar-refractivity contribution in [2.24, 2.45) is 0 Å². The van der Waals surface area contributed by atoms with E-state index in [1.807, 2.05) is 6.92 Å². The third-order valence-electron chi connectivity index (χ3n) is 3.04. The molecular weight excluding hydrogens is 200 g/mol. The molecule has 0 saturated carbocycles. The average Bonchev–Trinajstić information content (AvgIpc) is 2.30. The predicted molar refractivity (Wildman–Crippen MR) is 68.7 cm³/mol. The lowest BCUT2D eigenvalue weighted by molar-refractivity contribution is 0.162. The van der Waals surface area contributed by atoms with Crippen LogP contribution in [-0.4, -0.2) is 54.7 Å². The highest BCUT2D eigenvalue weighted by Crippen LogP contribution is 2.11. The first-order chi connectivity index (χ1) is 7.67. The molecule has 0 aromatic carbocycles. The van der Waals surface area contributed by atoms with Crippen molar-refractivity contribution in [3.63, 3.8) is 0 Å². The lowest BCUT2D eigenvalue weighted by Gasteiger charge is -2.32. The van der Waals surface area contributed by atoms with Crippen LogP contribution in [0.15, 0.2) is 23.5 Å². The minimum Gasteiger partial charge on any atom is -0.508 e. The van der Waals surface area contributed by atoms with E-state index in [1.54, 1.807) is 6.08 Å². The quantitative estimate of drug-likeness (QED) is 0.585. The van der Waals surface area contributed by atoms with Gasteiger partial charge in [0.1, 0.15) is 5.76 Å². The van der Waals surface area contributed by atoms with E-state index < -0.39 is 0 Å². The van der Waals surface area contributed by atoms with Crippen LogP contribution < -0.4 is 0 Å². The van der Waals surface area contributed by atoms with Crippen molar-refractivity contribution in [1.82, 2.24) is 9.80 Å². The number of hydrogen-bond donors (Lipinski definition) is 1. The highest BCUT2D eigenvalue weighted by atomic mass is 16.3. The molecule has 1 N–H and O–H groups in total. The van der Waals surface area contributed by atoms with Gasteiger partial charge in [0.25, 0.3) is 0 Å². The van der Waals surface area contributed by atoms with Crippen LogP contribution in [0.2, 0.25) is 0 Å². The summed E-state index contributed by atoms with van der Waals surface area (Å²) in [4.78, 5) is 4.75. The van der Waals surface area contributed by atoms with Crippen molar-refractivity contribution in [2.75, 3.05) is 39.8 Å². The molecule has 3 heteroatoms. The van der Waals surface area contributed by atoms with Crippen molar-refractivity contribution in [3.05, 3.63) is 23.5 Å². The SMILES string of the molecule is C/C=C(O)\C(=C/CC)CN1CCN(C)CC1. The van der Waals surface area contributed by atoms with Gasteiger partial charge in [-0.05, 0) is 26.5 Å². The molecule has 0 unspecified atom stereocenters. The summed E-state index contributed by atoms with van der Waals surface area (Å²) < 4.78 is 0. The zero-order valence-electron chi connectivity index (χ0n) is 10.7. The molecule has 1 fully saturated rings. The number of nitrogens with zero attached hydrogens (tertiary/aromatic N) is 2. The fourth-order valence-corrected chi connectivity index (χ4v) is 1.93. The molecular formula is C13H24N2O. The van der Waals surface area contributed by atoms with Crippen molar-refractivity contribution < 1.29 is 5.11 Å². The summed E-state index contributed by atoms with van der Waals surface area (Å²) in [5, 5.41) is 9.79. The Morgan fingerprint density at radius 1 is 1.25 bits per heavy atom. The smallest absolute Gasteiger partial charge is 0.115 e. The lowest BCUT2D eigenvalue weighted by atomic mass is 10.1. The van der Waals surface area contributed by atoms with Gasteiger partial charge in [-0.3, -0.25) is 4.90 Å². The first-order valence-electron chi connectivity index (χ1n) is 6.13. The molecule has 3 nitrogen and oxygen atoms in total. The van der Waals surface area contributed by atoms with E-state index in [1.165, 1.54) is 0 Å². The Morgan fingerprint density at radius 3 is 2.38 bits per heavy atom. The molecule has 0 radical (unpaired) electrons. The van der Waals surface area contributed by atoms with Gasteiger partial charge in [0.15, 0.2) is 0 Å². The predicted octanol–water partition coefficient (Wildman–Crippen LogP) is 2.03. The number of aliphatic hydroxyl groups excluding tert-OH is 1. The van der Waals surface area contributed by atoms with Gasteiger partial charge in [-0.1, -0.05) is 13.0 Å². The number of likely N-dealkylation sites (N-methyl/N-ethyl adjacent to an activating group) is 1. The van der Waals surface area contributed by atoms with Crippen molar-refractivity contribution in [2.45, 2.75) is 20.3 Å². The van der Waals surface area contributed by atoms with E-state index in [4.69, 9.17) is 0 Å². The van der Waals surface area contributed by atoms with Gasteiger partial charge in [-0.15, -0.1) is 0 Å². The number of aliphatic hydroxyl groups is 1. The van der Waals surface area contributed by atoms with E-state index in [2.05, 4.69) is 29.8 Å². The van der Waals surface area contributed by atoms with E-state index in [-0.39, 0.29) is 0 Å². The van der Waals surface area contributed by atoms with Crippen LogP contribution in [0.25, 0.3) is 0 Å². The van der Waals surface area contributed by atoms with Gasteiger partial charge < -0.3 is 10.0 Å². The van der Waals surface area contributed by atoms with Gasteiger partial charge in [0.05, 0.1) is 0 Å². The molecule has 0 spiro atoms. The Kier molecular flexibility index (Phi) is 5.56. The maximum absolute atomic E-state index is 9.79. The molecule has 16 heavy (non-hydrogen) atoms. The van der Waals surface area contributed by atoms with E-state index >= 15 is 0 Å². The van der Waals surface area contributed by atoms with E-state index in [0.29, 0.717) is 5.76 Å². The summed E-state index contributed by atoms with van der Waals surface area (Å²) in [6, 6.07) is 0. The minimum atomic E-state index is 0.431. The Morgan fingerprint density at radius 2 is 1.88 bits per heavy atom. The molecule has 0 amide bonds. The Balaban J connectivity index is 2.53. The Bertz CT molecular complexity index is 263. The standard InChI is InChI=1S/C13H24N2O/c1-4-6-12(13(16)5-2)11-15-9-7-14(3)8-10-15/h5-6,16H,4,7-11H2,1-3H3/b12-6-,13-5+. The first kappa shape index (κ1) is 13.3. The maximum Gasteiger partial charge on any atom is 0.115 e. The molecule has 0 aliphatic carbocycles. The fraction of sp³-hybridized carbons (Fsp3) is 0.692. The largest absolute Gasteiger partial charge is 0.508 e. The molecule has 1 heterocycles. The molecule has 1 aliphatic heterocycles. The molecule has 92 valence electrons. The third kappa shape index (κ3) is 3.99. The number of allylic oxidation sites excluding steroid dienone is 2. The number of piperazine rings is 1. The molecule has 1 saturated heterocycles. The summed E-state index contributed by atoms with van der Waals surface area (Å²) in [6.45, 7) is 9.28. The fourth-order valence-electron chi connectivity index (χ4n) is 1.93. The van der Waals surface area contributed by atoms with Crippen LogP contribution in [0, 0.1) is 0 Å². The van der Waals surface area contributed by atoms with Crippen LogP contribution in [0.1, 0.15) is 20.3 Å². The first-order valence-corrected chi connectivity index (χ1v) is 6.13. The maximum atomic E-state index is 9.79. The zero-order chi connectivity index (χ0) is 12.0. The normalized spacial score (nSPS) is 21.4. The zero-order valence-corrected chi connectivity index (χ0v) is 10.7. The van der Waals surface area contributed by atoms with Gasteiger partial charge in [-0.25, -0.2) is 0 Å². The highest BCUT2D eigenvalue weighted by Gasteiger charge is 2.15. The second-order valence-electron chi connectivity index (χ2n) is 4.39. The summed E-state index contributed by atoms with van der Waals surface area (Å²) in [5.41, 5.74) is 1.06. The van der Waals surface area contributed by atoms with Gasteiger partial charge >= 0.3 is 0 Å². The molecule has 0 aromatic rings. The van der Waals surface area contributed by atoms with Crippen molar-refractivity contribution in [3.8, 4) is 0 Å². The van der Waals surface area contributed by atoms with E-state index in [9.17, 15) is 5.11 Å². The molecule has 1 rings (SSSR count). The Hall–Kier alpha value is -0.800. The molecule has 0 bridgehead atoms. The Labute approximate surface area is 99.0 Å². The van der Waals surface area contributed by atoms with Gasteiger partial charge in [-0.2, -0.15) is 0 Å². The van der Waals surface area contributed by atoms with Crippen LogP contribution >= 0.6 is 0 Å². The second-order valence-corrected chi connectivity index (χ2v) is 4.39. The lowest BCUT2D eigenvalue weighted by Crippen LogP contribution is -2.45. The second kappa shape index (κ2) is 6.71. The monoisotopic (exact) mass is 224 g/mol. The summed E-state index contributed by atoms with van der Waals surface area (Å²) in [5.74, 6) is 0.431. The van der Waals surface area contributed by atoms with Crippen molar-refractivity contribution >= 4 is 0 Å². The van der Waals surface area contributed by atoms with E-state index in [0.717, 1.165) is 44.7 Å². The average molecular weight is 224 g/mol. The van der Waals surface area contributed by atoms with Gasteiger partial charge in [0.2, 0.25) is 0 Å². The van der Waals surface area contributed by atoms with Crippen LogP contribution in [0.5, 0.6) is 0 Å². The molecule has 0 aromatic heterocycles. The van der Waals surface area contributed by atoms with Crippen LogP contribution in [0.3, 0.4) is 0 Å². The van der Waals surface area contributed by atoms with Crippen molar-refractivity contribution in [1.29, 1.82) is 0 Å². The van der Waals surface area contributed by atoms with Crippen LogP contribution in [0.4, 0.5) is 0 Å². The highest BCUT2D eigenvalue weighted by molar-refractivity contribution is 5.25.